The van der Waals surface area contributed by atoms with Crippen LogP contribution in [0, 0.1) is 0 Å². The van der Waals surface area contributed by atoms with Gasteiger partial charge in [-0.15, -0.1) is 0 Å². The van der Waals surface area contributed by atoms with E-state index in [9.17, 15) is 0 Å². The fraction of sp³-hybridized carbons (Fsp3) is 0.213. The number of ether oxygens (including phenoxy) is 2. The lowest BCUT2D eigenvalue weighted by molar-refractivity contribution is 0.0675. The second kappa shape index (κ2) is 19.8. The number of fused-ring (bicyclic) bond motifs is 7. The molecular weight excluding hydrogens is 868 g/mol. The predicted octanol–water partition coefficient (Wildman–Crippen LogP) is 12.6. The Balaban J connectivity index is 1.03. The zero-order chi connectivity index (χ0) is 47.4. The molecule has 0 aromatic heterocycles. The summed E-state index contributed by atoms with van der Waals surface area (Å²) in [6.45, 7) is 12.6. The largest absolute Gasteiger partial charge is 0.493 e. The minimum Gasteiger partial charge on any atom is -0.493 e. The van der Waals surface area contributed by atoms with Gasteiger partial charge in [-0.05, 0) is 112 Å². The van der Waals surface area contributed by atoms with Crippen molar-refractivity contribution in [3.05, 3.63) is 216 Å². The second-order valence-corrected chi connectivity index (χ2v) is 21.3. The molecule has 0 N–H and O–H groups in total. The van der Waals surface area contributed by atoms with Gasteiger partial charge in [-0.25, -0.2) is 5.01 Å². The summed E-state index contributed by atoms with van der Waals surface area (Å²) in [7, 11) is -1.97. The van der Waals surface area contributed by atoms with Crippen molar-refractivity contribution in [1.29, 1.82) is 0 Å². The van der Waals surface area contributed by atoms with Crippen LogP contribution in [0.25, 0.3) is 10.8 Å². The lowest BCUT2D eigenvalue weighted by atomic mass is 9.75. The van der Waals surface area contributed by atoms with Crippen LogP contribution in [0.1, 0.15) is 73.1 Å². The fourth-order valence-corrected chi connectivity index (χ4v) is 15.2. The van der Waals surface area contributed by atoms with Gasteiger partial charge in [0, 0.05) is 77.5 Å². The number of nitrogens with zero attached hydrogens (tertiary/aromatic N) is 4. The molecule has 1 amide bonds. The molecule has 2 aliphatic rings. The number of unbranched alkanes of at least 4 members (excludes halogenated alkanes) is 1. The highest BCUT2D eigenvalue weighted by Gasteiger charge is 2.57. The fourth-order valence-electron chi connectivity index (χ4n) is 10.8. The molecule has 8 aromatic carbocycles. The molecule has 2 aliphatic heterocycles. The zero-order valence-corrected chi connectivity index (χ0v) is 41.0. The molecule has 7 nitrogen and oxygen atoms in total. The number of rotatable bonds is 17. The van der Waals surface area contributed by atoms with E-state index >= 15 is 4.79 Å². The van der Waals surface area contributed by atoms with Crippen molar-refractivity contribution >= 4 is 57.4 Å². The molecule has 0 unspecified atom stereocenters. The summed E-state index contributed by atoms with van der Waals surface area (Å²) in [6, 6.07) is 66.5. The Morgan fingerprint density at radius 2 is 1.10 bits per heavy atom. The number of carbonyl (C=O) groups excluding carboxylic acids is 1. The van der Waals surface area contributed by atoms with Gasteiger partial charge in [0.1, 0.15) is 46.0 Å². The Labute approximate surface area is 408 Å². The zero-order valence-electron chi connectivity index (χ0n) is 40.1. The number of hydrogen-bond acceptors (Lipinski definition) is 6. The lowest BCUT2D eigenvalue weighted by Gasteiger charge is -2.42. The molecular formula is C61H60N4O3P+. The van der Waals surface area contributed by atoms with Gasteiger partial charge in [0.25, 0.3) is 5.91 Å². The third-order valence-electron chi connectivity index (χ3n) is 14.2. The Bertz CT molecular complexity index is 2960. The van der Waals surface area contributed by atoms with Crippen LogP contribution in [-0.4, -0.2) is 56.1 Å². The van der Waals surface area contributed by atoms with Gasteiger partial charge in [-0.1, -0.05) is 115 Å². The van der Waals surface area contributed by atoms with Crippen molar-refractivity contribution in [1.82, 2.24) is 5.01 Å². The number of carbonyl (C=O) groups is 1. The van der Waals surface area contributed by atoms with Gasteiger partial charge in [0.05, 0.1) is 19.0 Å². The Morgan fingerprint density at radius 1 is 0.580 bits per heavy atom. The summed E-state index contributed by atoms with van der Waals surface area (Å²) >= 11 is 0. The second-order valence-electron chi connectivity index (χ2n) is 17.7. The molecule has 0 atom stereocenters. The van der Waals surface area contributed by atoms with Gasteiger partial charge >= 0.3 is 0 Å². The monoisotopic (exact) mass is 927 g/mol. The van der Waals surface area contributed by atoms with Crippen molar-refractivity contribution in [2.75, 3.05) is 48.7 Å². The first kappa shape index (κ1) is 45.6. The third kappa shape index (κ3) is 8.03. The number of hydrogen-bond donors (Lipinski definition) is 0. The maximum absolute atomic E-state index is 15.2. The molecule has 2 heterocycles. The van der Waals surface area contributed by atoms with E-state index < -0.39 is 12.8 Å². The van der Waals surface area contributed by atoms with Crippen LogP contribution in [-0.2, 0) is 5.54 Å². The van der Waals surface area contributed by atoms with E-state index in [1.165, 1.54) is 15.9 Å². The average Bonchev–Trinajstić information content (AvgIpc) is 3.65. The standard InChI is InChI=1S/C61H60N4O3P/c1-5-63(6-2)46-35-37-55-58(42-46)68-59-43-47(64(7-3)8-4)36-38-56(59)61(55)54-33-21-20-32-52(54)60(66)65(61)62-44-53-51-31-19-18-24-45(51)34-39-57(53)67-40-22-23-41-69(48-25-12-9-13-26-48,49-27-14-10-15-28-49)50-29-16-11-17-30-50/h9-21,24-39,42-44H,5-8,22-23,40-41H2,1-4H3/q+1/b62-44+. The van der Waals surface area contributed by atoms with E-state index in [0.717, 1.165) is 95.3 Å². The van der Waals surface area contributed by atoms with Crippen molar-refractivity contribution in [3.8, 4) is 17.2 Å². The van der Waals surface area contributed by atoms with Gasteiger partial charge in [-0.3, -0.25) is 4.79 Å². The van der Waals surface area contributed by atoms with Gasteiger partial charge in [0.15, 0.2) is 0 Å². The molecule has 0 saturated carbocycles. The number of anilines is 2. The maximum Gasteiger partial charge on any atom is 0.275 e. The van der Waals surface area contributed by atoms with E-state index in [4.69, 9.17) is 14.6 Å². The maximum atomic E-state index is 15.2. The van der Waals surface area contributed by atoms with Crippen LogP contribution in [0.15, 0.2) is 193 Å². The lowest BCUT2D eigenvalue weighted by Crippen LogP contribution is -2.44. The number of benzene rings is 8. The topological polar surface area (TPSA) is 57.6 Å². The summed E-state index contributed by atoms with van der Waals surface area (Å²) in [5.41, 5.74) is 5.06. The molecule has 0 radical (unpaired) electrons. The Hall–Kier alpha value is -7.21. The third-order valence-corrected chi connectivity index (χ3v) is 18.7. The molecule has 0 fully saturated rings. The highest BCUT2D eigenvalue weighted by Crippen LogP contribution is 2.59. The van der Waals surface area contributed by atoms with E-state index in [-0.39, 0.29) is 5.91 Å². The minimum absolute atomic E-state index is 0.175. The average molecular weight is 928 g/mol. The van der Waals surface area contributed by atoms with Crippen molar-refractivity contribution in [2.45, 2.75) is 46.1 Å². The van der Waals surface area contributed by atoms with Crippen LogP contribution in [0.5, 0.6) is 17.2 Å². The molecule has 10 rings (SSSR count). The SMILES string of the molecule is CCN(CC)c1ccc2c(c1)Oc1cc(N(CC)CC)ccc1C21c2ccccc2C(=O)N1/N=C/c1c(OCCCC[P+](c2ccccc2)(c2ccccc2)c2ccccc2)ccc2ccccc12. The number of hydrazone groups is 1. The predicted molar refractivity (Wildman–Crippen MR) is 289 cm³/mol. The first-order chi connectivity index (χ1) is 34.0. The van der Waals surface area contributed by atoms with Crippen LogP contribution in [0.4, 0.5) is 11.4 Å². The van der Waals surface area contributed by atoms with Crippen molar-refractivity contribution in [2.24, 2.45) is 5.10 Å². The van der Waals surface area contributed by atoms with Crippen LogP contribution < -0.4 is 35.2 Å². The van der Waals surface area contributed by atoms with E-state index in [2.05, 4.69) is 201 Å². The highest BCUT2D eigenvalue weighted by molar-refractivity contribution is 7.95. The van der Waals surface area contributed by atoms with Gasteiger partial charge < -0.3 is 19.3 Å². The first-order valence-electron chi connectivity index (χ1n) is 24.6. The summed E-state index contributed by atoms with van der Waals surface area (Å²) in [4.78, 5) is 19.8. The summed E-state index contributed by atoms with van der Waals surface area (Å²) in [5, 5.41) is 13.3. The molecule has 0 aliphatic carbocycles. The molecule has 1 spiro atoms. The van der Waals surface area contributed by atoms with Crippen molar-refractivity contribution < 1.29 is 14.3 Å². The Morgan fingerprint density at radius 3 is 1.67 bits per heavy atom. The molecule has 8 aromatic rings. The van der Waals surface area contributed by atoms with E-state index in [1.54, 1.807) is 5.01 Å². The van der Waals surface area contributed by atoms with Gasteiger partial charge in [-0.2, -0.15) is 5.10 Å². The van der Waals surface area contributed by atoms with Crippen LogP contribution >= 0.6 is 7.26 Å². The molecule has 8 heteroatoms. The van der Waals surface area contributed by atoms with Crippen LogP contribution in [0.3, 0.4) is 0 Å². The van der Waals surface area contributed by atoms with Crippen LogP contribution in [0.2, 0.25) is 0 Å². The normalized spacial score (nSPS) is 13.6. The molecule has 69 heavy (non-hydrogen) atoms. The summed E-state index contributed by atoms with van der Waals surface area (Å²) in [6.07, 6.45) is 4.70. The Kier molecular flexibility index (Phi) is 13.1. The highest BCUT2D eigenvalue weighted by atomic mass is 31.2. The molecule has 0 bridgehead atoms. The smallest absolute Gasteiger partial charge is 0.275 e. The summed E-state index contributed by atoms with van der Waals surface area (Å²) in [5.74, 6) is 1.97. The minimum atomic E-state index is -1.97. The molecule has 0 saturated heterocycles. The number of amides is 1. The van der Waals surface area contributed by atoms with Gasteiger partial charge in [0.2, 0.25) is 0 Å². The molecule has 346 valence electrons. The summed E-state index contributed by atoms with van der Waals surface area (Å²) < 4.78 is 13.8. The quantitative estimate of drug-likeness (QED) is 0.0517. The van der Waals surface area contributed by atoms with Crippen molar-refractivity contribution in [3.63, 3.8) is 0 Å². The first-order valence-corrected chi connectivity index (χ1v) is 26.6. The van der Waals surface area contributed by atoms with E-state index in [0.29, 0.717) is 23.7 Å². The van der Waals surface area contributed by atoms with E-state index in [1.807, 2.05) is 30.5 Å².